The number of carbonyl (C=O) groups is 1. The number of ether oxygens (including phenoxy) is 1. The number of carbonyl (C=O) groups excluding carboxylic acids is 1. The SMILES string of the molecule is CN=C(NCCc1ccc(OCC(=O)NC2CC2)cc1)N1CC2CCCCC2C1. The number of aliphatic imine (C=N–C) groups is 1. The molecule has 1 aliphatic heterocycles. The van der Waals surface area contributed by atoms with E-state index < -0.39 is 0 Å². The van der Waals surface area contributed by atoms with Crippen molar-refractivity contribution in [3.05, 3.63) is 29.8 Å². The van der Waals surface area contributed by atoms with Gasteiger partial charge in [0.2, 0.25) is 0 Å². The lowest BCUT2D eigenvalue weighted by atomic mass is 9.82. The molecular formula is C23H34N4O2. The molecule has 0 bridgehead atoms. The van der Waals surface area contributed by atoms with Gasteiger partial charge < -0.3 is 20.3 Å². The molecule has 1 amide bonds. The van der Waals surface area contributed by atoms with E-state index in [-0.39, 0.29) is 12.5 Å². The van der Waals surface area contributed by atoms with Crippen LogP contribution in [0.3, 0.4) is 0 Å². The molecule has 3 aliphatic rings. The normalized spacial score (nSPS) is 24.2. The van der Waals surface area contributed by atoms with Gasteiger partial charge in [0.25, 0.3) is 5.91 Å². The molecular weight excluding hydrogens is 364 g/mol. The van der Waals surface area contributed by atoms with Gasteiger partial charge in [0.1, 0.15) is 5.75 Å². The Morgan fingerprint density at radius 2 is 1.79 bits per heavy atom. The fraction of sp³-hybridized carbons (Fsp3) is 0.652. The molecule has 1 aromatic carbocycles. The van der Waals surface area contributed by atoms with E-state index >= 15 is 0 Å². The average Bonchev–Trinajstić information content (AvgIpc) is 3.45. The molecule has 4 rings (SSSR count). The summed E-state index contributed by atoms with van der Waals surface area (Å²) in [7, 11) is 1.88. The summed E-state index contributed by atoms with van der Waals surface area (Å²) in [6.45, 7) is 3.27. The molecule has 2 unspecified atom stereocenters. The molecule has 2 atom stereocenters. The Bertz CT molecular complexity index is 700. The highest BCUT2D eigenvalue weighted by molar-refractivity contribution is 5.80. The van der Waals surface area contributed by atoms with Gasteiger partial charge in [-0.15, -0.1) is 0 Å². The van der Waals surface area contributed by atoms with Gasteiger partial charge >= 0.3 is 0 Å². The van der Waals surface area contributed by atoms with E-state index in [9.17, 15) is 4.79 Å². The average molecular weight is 399 g/mol. The van der Waals surface area contributed by atoms with Crippen molar-refractivity contribution in [3.63, 3.8) is 0 Å². The number of benzene rings is 1. The fourth-order valence-corrected chi connectivity index (χ4v) is 4.63. The van der Waals surface area contributed by atoms with E-state index in [1.54, 1.807) is 0 Å². The minimum absolute atomic E-state index is 0.0334. The molecule has 2 aliphatic carbocycles. The van der Waals surface area contributed by atoms with Crippen molar-refractivity contribution in [1.82, 2.24) is 15.5 Å². The molecule has 2 N–H and O–H groups in total. The molecule has 3 fully saturated rings. The summed E-state index contributed by atoms with van der Waals surface area (Å²) in [6, 6.07) is 8.41. The van der Waals surface area contributed by atoms with Gasteiger partial charge in [-0.25, -0.2) is 0 Å². The predicted molar refractivity (Wildman–Crippen MR) is 115 cm³/mol. The van der Waals surface area contributed by atoms with Crippen LogP contribution in [0.4, 0.5) is 0 Å². The quantitative estimate of drug-likeness (QED) is 0.547. The molecule has 0 aromatic heterocycles. The fourth-order valence-electron chi connectivity index (χ4n) is 4.63. The number of fused-ring (bicyclic) bond motifs is 1. The van der Waals surface area contributed by atoms with Crippen LogP contribution in [0.25, 0.3) is 0 Å². The maximum Gasteiger partial charge on any atom is 0.258 e. The topological polar surface area (TPSA) is 66.0 Å². The molecule has 29 heavy (non-hydrogen) atoms. The summed E-state index contributed by atoms with van der Waals surface area (Å²) in [5, 5.41) is 6.47. The third-order valence-corrected chi connectivity index (χ3v) is 6.42. The zero-order valence-electron chi connectivity index (χ0n) is 17.5. The van der Waals surface area contributed by atoms with Crippen LogP contribution in [-0.2, 0) is 11.2 Å². The highest BCUT2D eigenvalue weighted by Gasteiger charge is 2.35. The van der Waals surface area contributed by atoms with Gasteiger partial charge in [0, 0.05) is 32.7 Å². The number of amides is 1. The second-order valence-electron chi connectivity index (χ2n) is 8.71. The molecule has 158 valence electrons. The van der Waals surface area contributed by atoms with Crippen molar-refractivity contribution in [1.29, 1.82) is 0 Å². The monoisotopic (exact) mass is 398 g/mol. The number of hydrogen-bond acceptors (Lipinski definition) is 3. The lowest BCUT2D eigenvalue weighted by Gasteiger charge is -2.22. The van der Waals surface area contributed by atoms with Gasteiger partial charge in [0.15, 0.2) is 12.6 Å². The third-order valence-electron chi connectivity index (χ3n) is 6.42. The largest absolute Gasteiger partial charge is 0.484 e. The third kappa shape index (κ3) is 5.64. The minimum Gasteiger partial charge on any atom is -0.484 e. The van der Waals surface area contributed by atoms with Crippen molar-refractivity contribution in [2.24, 2.45) is 16.8 Å². The zero-order chi connectivity index (χ0) is 20.1. The Morgan fingerprint density at radius 1 is 1.10 bits per heavy atom. The van der Waals surface area contributed by atoms with Crippen LogP contribution >= 0.6 is 0 Å². The van der Waals surface area contributed by atoms with Crippen molar-refractivity contribution in [3.8, 4) is 5.75 Å². The Kier molecular flexibility index (Phi) is 6.57. The maximum atomic E-state index is 11.7. The molecule has 1 aromatic rings. The molecule has 2 saturated carbocycles. The molecule has 0 radical (unpaired) electrons. The van der Waals surface area contributed by atoms with Crippen LogP contribution in [0.5, 0.6) is 5.75 Å². The molecule has 1 heterocycles. The minimum atomic E-state index is -0.0334. The second-order valence-corrected chi connectivity index (χ2v) is 8.71. The van der Waals surface area contributed by atoms with E-state index in [0.29, 0.717) is 6.04 Å². The van der Waals surface area contributed by atoms with Crippen LogP contribution in [-0.4, -0.2) is 56.1 Å². The summed E-state index contributed by atoms with van der Waals surface area (Å²) in [5.41, 5.74) is 1.25. The number of guanidine groups is 1. The van der Waals surface area contributed by atoms with Gasteiger partial charge in [-0.2, -0.15) is 0 Å². The summed E-state index contributed by atoms with van der Waals surface area (Å²) >= 11 is 0. The molecule has 0 spiro atoms. The standard InChI is InChI=1S/C23H34N4O2/c1-24-23(27-14-18-4-2-3-5-19(18)15-27)25-13-12-17-6-10-21(11-7-17)29-16-22(28)26-20-8-9-20/h6-7,10-11,18-20H,2-5,8-9,12-16H2,1H3,(H,24,25)(H,26,28). The highest BCUT2D eigenvalue weighted by atomic mass is 16.5. The number of hydrogen-bond donors (Lipinski definition) is 2. The first-order valence-corrected chi connectivity index (χ1v) is 11.2. The molecule has 6 nitrogen and oxygen atoms in total. The second kappa shape index (κ2) is 9.51. The van der Waals surface area contributed by atoms with Crippen LogP contribution in [0.15, 0.2) is 29.3 Å². The van der Waals surface area contributed by atoms with Crippen molar-refractivity contribution in [2.45, 2.75) is 51.0 Å². The maximum absolute atomic E-state index is 11.7. The summed E-state index contributed by atoms with van der Waals surface area (Å²) in [6.07, 6.45) is 8.68. The van der Waals surface area contributed by atoms with Gasteiger partial charge in [-0.05, 0) is 61.6 Å². The number of likely N-dealkylation sites (tertiary alicyclic amines) is 1. The van der Waals surface area contributed by atoms with Gasteiger partial charge in [-0.3, -0.25) is 9.79 Å². The van der Waals surface area contributed by atoms with Crippen molar-refractivity contribution in [2.75, 3.05) is 33.3 Å². The lowest BCUT2D eigenvalue weighted by molar-refractivity contribution is -0.123. The smallest absolute Gasteiger partial charge is 0.258 e. The Balaban J connectivity index is 1.18. The molecule has 1 saturated heterocycles. The summed E-state index contributed by atoms with van der Waals surface area (Å²) in [4.78, 5) is 18.7. The summed E-state index contributed by atoms with van der Waals surface area (Å²) in [5.74, 6) is 3.47. The first-order chi connectivity index (χ1) is 14.2. The van der Waals surface area contributed by atoms with Crippen LogP contribution in [0.1, 0.15) is 44.1 Å². The first-order valence-electron chi connectivity index (χ1n) is 11.2. The van der Waals surface area contributed by atoms with E-state index in [1.807, 2.05) is 19.2 Å². The Morgan fingerprint density at radius 3 is 2.41 bits per heavy atom. The van der Waals surface area contributed by atoms with E-state index in [0.717, 1.165) is 62.4 Å². The van der Waals surface area contributed by atoms with Crippen LogP contribution in [0.2, 0.25) is 0 Å². The molecule has 6 heteroatoms. The van der Waals surface area contributed by atoms with Gasteiger partial charge in [0.05, 0.1) is 0 Å². The highest BCUT2D eigenvalue weighted by Crippen LogP contribution is 2.35. The van der Waals surface area contributed by atoms with Gasteiger partial charge in [-0.1, -0.05) is 25.0 Å². The van der Waals surface area contributed by atoms with E-state index in [1.165, 1.54) is 31.2 Å². The Hall–Kier alpha value is -2.24. The van der Waals surface area contributed by atoms with E-state index in [2.05, 4.69) is 32.7 Å². The predicted octanol–water partition coefficient (Wildman–Crippen LogP) is 2.58. The zero-order valence-corrected chi connectivity index (χ0v) is 17.5. The number of rotatable bonds is 7. The number of nitrogens with zero attached hydrogens (tertiary/aromatic N) is 2. The van der Waals surface area contributed by atoms with Crippen LogP contribution < -0.4 is 15.4 Å². The van der Waals surface area contributed by atoms with Crippen LogP contribution in [0, 0.1) is 11.8 Å². The Labute approximate surface area is 174 Å². The first kappa shape index (κ1) is 20.0. The van der Waals surface area contributed by atoms with Crippen molar-refractivity contribution >= 4 is 11.9 Å². The summed E-state index contributed by atoms with van der Waals surface area (Å²) < 4.78 is 5.57. The van der Waals surface area contributed by atoms with E-state index in [4.69, 9.17) is 4.74 Å². The number of nitrogens with one attached hydrogen (secondary N) is 2. The van der Waals surface area contributed by atoms with Crippen molar-refractivity contribution < 1.29 is 9.53 Å². The lowest BCUT2D eigenvalue weighted by Crippen LogP contribution is -2.41.